The van der Waals surface area contributed by atoms with Crippen LogP contribution < -0.4 is 25.2 Å². The lowest BCUT2D eigenvalue weighted by Crippen LogP contribution is -2.64. The molecule has 0 spiro atoms. The predicted molar refractivity (Wildman–Crippen MR) is 281 cm³/mol. The number of phenolic OH excluding ortho intramolecular Hbond substituents is 1. The number of aromatic hydroxyl groups is 1. The molecule has 16 nitrogen and oxygen atoms in total. The maximum atomic E-state index is 17.2. The lowest BCUT2D eigenvalue weighted by Gasteiger charge is -2.52. The van der Waals surface area contributed by atoms with Gasteiger partial charge in [-0.3, -0.25) is 34.5 Å². The fraction of sp³-hybridized carbons (Fsp3) is 0.544. The molecule has 2 aromatic heterocycles. The summed E-state index contributed by atoms with van der Waals surface area (Å²) in [5, 5.41) is 19.2. The number of piperidine rings is 2. The number of aryl methyl sites for hydroxylation is 1. The highest BCUT2D eigenvalue weighted by Gasteiger charge is 2.47. The Kier molecular flexibility index (Phi) is 12.0. The van der Waals surface area contributed by atoms with E-state index in [4.69, 9.17) is 19.7 Å². The molecule has 17 heteroatoms. The van der Waals surface area contributed by atoms with E-state index in [-0.39, 0.29) is 57.9 Å². The van der Waals surface area contributed by atoms with Gasteiger partial charge in [0.15, 0.2) is 5.82 Å². The molecule has 1 aliphatic carbocycles. The molecule has 3 atom stereocenters. The van der Waals surface area contributed by atoms with Gasteiger partial charge >= 0.3 is 6.01 Å². The number of rotatable bonds is 13. The molecule has 2 unspecified atom stereocenters. The number of ether oxygens (including phenoxy) is 1. The number of pyridine rings is 1. The van der Waals surface area contributed by atoms with Crippen LogP contribution in [0, 0.1) is 16.6 Å². The van der Waals surface area contributed by atoms with Crippen molar-refractivity contribution in [1.82, 2.24) is 45.2 Å². The van der Waals surface area contributed by atoms with E-state index in [1.807, 2.05) is 30.3 Å². The Hall–Kier alpha value is -6.01. The molecule has 9 heterocycles. The van der Waals surface area contributed by atoms with Crippen molar-refractivity contribution in [3.63, 3.8) is 0 Å². The van der Waals surface area contributed by atoms with Crippen LogP contribution in [0.4, 0.5) is 15.9 Å². The van der Waals surface area contributed by atoms with Crippen LogP contribution in [-0.4, -0.2) is 167 Å². The average molecular weight is 1010 g/mol. The minimum atomic E-state index is -0.601. The van der Waals surface area contributed by atoms with Gasteiger partial charge in [-0.05, 0) is 122 Å². The van der Waals surface area contributed by atoms with Crippen LogP contribution in [0.25, 0.3) is 32.9 Å². The summed E-state index contributed by atoms with van der Waals surface area (Å²) in [6, 6.07) is 16.3. The molecular formula is C57H68FN11O5. The molecule has 2 bridgehead atoms. The van der Waals surface area contributed by atoms with E-state index in [1.165, 1.54) is 0 Å². The maximum absolute atomic E-state index is 17.2. The average Bonchev–Trinajstić information content (AvgIpc) is 3.97. The molecule has 3 amide bonds. The van der Waals surface area contributed by atoms with Crippen molar-refractivity contribution in [3.8, 4) is 23.0 Å². The van der Waals surface area contributed by atoms with Crippen LogP contribution in [0.5, 0.6) is 11.8 Å². The van der Waals surface area contributed by atoms with Crippen molar-refractivity contribution in [2.24, 2.45) is 10.8 Å². The zero-order valence-corrected chi connectivity index (χ0v) is 42.8. The number of piperazine rings is 2. The number of carbonyl (C=O) groups excluding carboxylic acids is 3. The van der Waals surface area contributed by atoms with Crippen LogP contribution >= 0.6 is 0 Å². The van der Waals surface area contributed by atoms with Gasteiger partial charge in [0.25, 0.3) is 5.91 Å². The molecule has 8 aliphatic rings. The largest absolute Gasteiger partial charge is 0.508 e. The number of aromatic nitrogens is 3. The lowest BCUT2D eigenvalue weighted by atomic mass is 9.78. The number of halogens is 1. The van der Waals surface area contributed by atoms with Gasteiger partial charge in [0.2, 0.25) is 11.8 Å². The van der Waals surface area contributed by atoms with E-state index in [0.29, 0.717) is 60.0 Å². The van der Waals surface area contributed by atoms with Gasteiger partial charge in [0.1, 0.15) is 28.8 Å². The Morgan fingerprint density at radius 2 is 1.62 bits per heavy atom. The number of hydrogen-bond acceptors (Lipinski definition) is 14. The molecule has 3 aromatic carbocycles. The standard InChI is InChI=1S/C57H68FN11O5/c1-3-35-5-4-6-36-24-42(70)25-44(48(35)36)50-49(58)51-45(26-59-50)52(68-28-38-7-8-39(29-68)60-38)63-55(62-51)74-34-57(13-14-57)33-64-17-15-56(2,16-18-64)32-65-30-41(31-65)67-21-19-66(20-22-67)40-9-10-43-37(23-40)27-69(54(43)73)46-11-12-47(71)61-53(46)72/h4-6,9-10,23-26,38-39,41,46,60,70H,3,7-8,11-22,27-34H2,1-2H3,(H,61,71,72)/t38?,39?,46-/m0/s1. The number of carbonyl (C=O) groups is 3. The Morgan fingerprint density at radius 3 is 2.36 bits per heavy atom. The second kappa shape index (κ2) is 18.7. The number of fused-ring (bicyclic) bond motifs is 5. The first-order valence-corrected chi connectivity index (χ1v) is 27.3. The summed E-state index contributed by atoms with van der Waals surface area (Å²) < 4.78 is 23.8. The number of hydrogen-bond donors (Lipinski definition) is 3. The number of likely N-dealkylation sites (tertiary alicyclic amines) is 2. The van der Waals surface area contributed by atoms with Gasteiger partial charge in [0, 0.05) is 125 Å². The van der Waals surface area contributed by atoms with Crippen LogP contribution in [-0.2, 0) is 22.6 Å². The first-order valence-electron chi connectivity index (χ1n) is 27.3. The SMILES string of the molecule is CCc1cccc2cc(O)cc(-c3ncc4c(N5CC6CCC(C5)N6)nc(OCC5(CN6CCC(C)(CN7CC(N8CCN(c9ccc%10c(c9)CN([C@H]9CCC(=O)NC9=O)C%10=O)CC8)C7)CC6)CC5)nc4c3F)c12. The van der Waals surface area contributed by atoms with Gasteiger partial charge in [-0.25, -0.2) is 4.39 Å². The maximum Gasteiger partial charge on any atom is 0.319 e. The molecule has 1 saturated carbocycles. The van der Waals surface area contributed by atoms with Gasteiger partial charge < -0.3 is 34.8 Å². The van der Waals surface area contributed by atoms with Crippen molar-refractivity contribution in [3.05, 3.63) is 77.2 Å². The molecule has 0 radical (unpaired) electrons. The highest BCUT2D eigenvalue weighted by molar-refractivity contribution is 6.06. The van der Waals surface area contributed by atoms with E-state index >= 15 is 4.39 Å². The molecule has 5 aromatic rings. The van der Waals surface area contributed by atoms with E-state index in [9.17, 15) is 19.5 Å². The van der Waals surface area contributed by atoms with Crippen molar-refractivity contribution in [2.45, 2.75) is 102 Å². The molecule has 388 valence electrons. The van der Waals surface area contributed by atoms with E-state index in [0.717, 1.165) is 151 Å². The number of imide groups is 1. The topological polar surface area (TPSA) is 163 Å². The Morgan fingerprint density at radius 1 is 0.838 bits per heavy atom. The molecule has 74 heavy (non-hydrogen) atoms. The minimum absolute atomic E-state index is 0.0204. The number of phenols is 1. The number of anilines is 2. The summed E-state index contributed by atoms with van der Waals surface area (Å²) in [6.07, 6.45) is 9.78. The third-order valence-corrected chi connectivity index (χ3v) is 18.2. The molecule has 3 N–H and O–H groups in total. The van der Waals surface area contributed by atoms with Crippen molar-refractivity contribution in [1.29, 1.82) is 0 Å². The fourth-order valence-corrected chi connectivity index (χ4v) is 13.6. The summed E-state index contributed by atoms with van der Waals surface area (Å²) >= 11 is 0. The van der Waals surface area contributed by atoms with Gasteiger partial charge in [-0.15, -0.1) is 0 Å². The summed E-state index contributed by atoms with van der Waals surface area (Å²) in [7, 11) is 0. The van der Waals surface area contributed by atoms with E-state index in [2.05, 4.69) is 55.0 Å². The molecule has 7 aliphatic heterocycles. The van der Waals surface area contributed by atoms with Crippen LogP contribution in [0.15, 0.2) is 54.7 Å². The summed E-state index contributed by atoms with van der Waals surface area (Å²) in [5.74, 6) is -0.586. The monoisotopic (exact) mass is 1010 g/mol. The van der Waals surface area contributed by atoms with Gasteiger partial charge in [-0.2, -0.15) is 9.97 Å². The summed E-state index contributed by atoms with van der Waals surface area (Å²) in [6.45, 7) is 17.3. The quantitative estimate of drug-likeness (QED) is 0.123. The predicted octanol–water partition coefficient (Wildman–Crippen LogP) is 5.72. The second-order valence-electron chi connectivity index (χ2n) is 23.4. The third kappa shape index (κ3) is 8.90. The fourth-order valence-electron chi connectivity index (χ4n) is 13.6. The van der Waals surface area contributed by atoms with Crippen molar-refractivity contribution < 1.29 is 28.6 Å². The zero-order chi connectivity index (χ0) is 50.5. The summed E-state index contributed by atoms with van der Waals surface area (Å²) in [5.41, 5.74) is 4.98. The molecule has 6 saturated heterocycles. The second-order valence-corrected chi connectivity index (χ2v) is 23.4. The van der Waals surface area contributed by atoms with Crippen LogP contribution in [0.1, 0.15) is 86.7 Å². The van der Waals surface area contributed by atoms with Gasteiger partial charge in [-0.1, -0.05) is 32.0 Å². The molecule has 7 fully saturated rings. The first kappa shape index (κ1) is 47.7. The Balaban J connectivity index is 0.614. The van der Waals surface area contributed by atoms with Crippen LogP contribution in [0.3, 0.4) is 0 Å². The van der Waals surface area contributed by atoms with E-state index in [1.54, 1.807) is 23.2 Å². The third-order valence-electron chi connectivity index (χ3n) is 18.2. The first-order chi connectivity index (χ1) is 35.9. The van der Waals surface area contributed by atoms with Crippen molar-refractivity contribution in [2.75, 3.05) is 94.9 Å². The zero-order valence-electron chi connectivity index (χ0n) is 42.8. The Labute approximate surface area is 431 Å². The highest BCUT2D eigenvalue weighted by atomic mass is 19.1. The number of benzene rings is 3. The highest BCUT2D eigenvalue weighted by Crippen LogP contribution is 2.48. The Bertz CT molecular complexity index is 3040. The van der Waals surface area contributed by atoms with Gasteiger partial charge in [0.05, 0.1) is 12.0 Å². The van der Waals surface area contributed by atoms with Crippen molar-refractivity contribution >= 4 is 50.9 Å². The summed E-state index contributed by atoms with van der Waals surface area (Å²) in [4.78, 5) is 66.4. The molecular weight excluding hydrogens is 938 g/mol. The number of amides is 3. The van der Waals surface area contributed by atoms with Crippen LogP contribution in [0.2, 0.25) is 0 Å². The number of nitrogens with zero attached hydrogens (tertiary/aromatic N) is 9. The smallest absolute Gasteiger partial charge is 0.319 e. The lowest BCUT2D eigenvalue weighted by molar-refractivity contribution is -0.136. The normalized spacial score (nSPS) is 25.2. The van der Waals surface area contributed by atoms with E-state index < -0.39 is 11.9 Å². The molecule has 13 rings (SSSR count). The minimum Gasteiger partial charge on any atom is -0.508 e. The number of nitrogens with one attached hydrogen (secondary N) is 2.